The standard InChI is InChI=1S/C21H28ClN3O4S/c1-14-10-20(17(4)25(14)19-7-5-6-18(22)11-19)21(26)23-8-9-30(27,28)24-12-15(2)29-16(3)13-24/h5-7,10-11,15-16H,8-9,12-13H2,1-4H3,(H,23,26). The summed E-state index contributed by atoms with van der Waals surface area (Å²) in [6, 6.07) is 9.20. The first-order valence-electron chi connectivity index (χ1n) is 9.95. The first kappa shape index (κ1) is 22.8. The number of hydrogen-bond acceptors (Lipinski definition) is 4. The normalized spacial score (nSPS) is 20.3. The predicted molar refractivity (Wildman–Crippen MR) is 118 cm³/mol. The van der Waals surface area contributed by atoms with E-state index >= 15 is 0 Å². The van der Waals surface area contributed by atoms with E-state index in [0.717, 1.165) is 17.1 Å². The van der Waals surface area contributed by atoms with Crippen LogP contribution < -0.4 is 5.32 Å². The van der Waals surface area contributed by atoms with Crippen LogP contribution in [0.4, 0.5) is 0 Å². The summed E-state index contributed by atoms with van der Waals surface area (Å²) in [5.74, 6) is -0.444. The van der Waals surface area contributed by atoms with Gasteiger partial charge in [0.1, 0.15) is 0 Å². The summed E-state index contributed by atoms with van der Waals surface area (Å²) in [5.41, 5.74) is 3.04. The summed E-state index contributed by atoms with van der Waals surface area (Å²) in [6.07, 6.45) is -0.287. The fourth-order valence-corrected chi connectivity index (χ4v) is 5.56. The van der Waals surface area contributed by atoms with Gasteiger partial charge in [-0.05, 0) is 52.0 Å². The van der Waals surface area contributed by atoms with E-state index in [9.17, 15) is 13.2 Å². The van der Waals surface area contributed by atoms with E-state index < -0.39 is 10.0 Å². The first-order chi connectivity index (χ1) is 14.1. The zero-order chi connectivity index (χ0) is 22.1. The summed E-state index contributed by atoms with van der Waals surface area (Å²) < 4.78 is 34.3. The van der Waals surface area contributed by atoms with E-state index in [1.54, 1.807) is 12.1 Å². The summed E-state index contributed by atoms with van der Waals surface area (Å²) in [5, 5.41) is 3.36. The van der Waals surface area contributed by atoms with Crippen LogP contribution in [0.1, 0.15) is 35.6 Å². The summed E-state index contributed by atoms with van der Waals surface area (Å²) in [6.45, 7) is 8.20. The number of hydrogen-bond donors (Lipinski definition) is 1. The first-order valence-corrected chi connectivity index (χ1v) is 11.9. The molecule has 0 aliphatic carbocycles. The molecule has 2 atom stereocenters. The number of aromatic nitrogens is 1. The topological polar surface area (TPSA) is 80.6 Å². The summed E-state index contributed by atoms with van der Waals surface area (Å²) >= 11 is 6.10. The molecule has 0 radical (unpaired) electrons. The van der Waals surface area contributed by atoms with Crippen LogP contribution in [0.5, 0.6) is 0 Å². The Kier molecular flexibility index (Phi) is 6.91. The van der Waals surface area contributed by atoms with Gasteiger partial charge in [0.05, 0.1) is 23.5 Å². The molecule has 0 spiro atoms. The third kappa shape index (κ3) is 5.06. The molecule has 1 fully saturated rings. The fourth-order valence-electron chi connectivity index (χ4n) is 3.88. The Balaban J connectivity index is 1.66. The average molecular weight is 454 g/mol. The maximum atomic E-state index is 12.7. The minimum atomic E-state index is -3.47. The minimum absolute atomic E-state index is 0.0438. The van der Waals surface area contributed by atoms with Gasteiger partial charge in [-0.15, -0.1) is 0 Å². The monoisotopic (exact) mass is 453 g/mol. The van der Waals surface area contributed by atoms with Crippen molar-refractivity contribution in [2.45, 2.75) is 39.9 Å². The van der Waals surface area contributed by atoms with Crippen LogP contribution in [0.2, 0.25) is 5.02 Å². The number of rotatable bonds is 6. The number of carbonyl (C=O) groups excluding carboxylic acids is 1. The molecule has 2 aromatic rings. The Morgan fingerprint density at radius 1 is 1.20 bits per heavy atom. The van der Waals surface area contributed by atoms with Gasteiger partial charge in [0.15, 0.2) is 0 Å². The Labute approximate surface area is 183 Å². The van der Waals surface area contributed by atoms with Gasteiger partial charge >= 0.3 is 0 Å². The number of nitrogens with one attached hydrogen (secondary N) is 1. The van der Waals surface area contributed by atoms with E-state index in [0.29, 0.717) is 23.7 Å². The molecule has 9 heteroatoms. The lowest BCUT2D eigenvalue weighted by atomic mass is 10.2. The van der Waals surface area contributed by atoms with Crippen molar-refractivity contribution in [2.75, 3.05) is 25.4 Å². The van der Waals surface area contributed by atoms with Gasteiger partial charge in [0.25, 0.3) is 5.91 Å². The van der Waals surface area contributed by atoms with Crippen LogP contribution in [0.25, 0.3) is 5.69 Å². The van der Waals surface area contributed by atoms with Crippen molar-refractivity contribution in [3.05, 3.63) is 52.3 Å². The molecule has 1 amide bonds. The number of aryl methyl sites for hydroxylation is 1. The highest BCUT2D eigenvalue weighted by Gasteiger charge is 2.30. The number of halogens is 1. The van der Waals surface area contributed by atoms with Crippen molar-refractivity contribution in [1.29, 1.82) is 0 Å². The second kappa shape index (κ2) is 9.09. The highest BCUT2D eigenvalue weighted by Crippen LogP contribution is 2.23. The van der Waals surface area contributed by atoms with Gasteiger partial charge in [0.2, 0.25) is 10.0 Å². The Hall–Kier alpha value is -1.87. The van der Waals surface area contributed by atoms with E-state index in [2.05, 4.69) is 5.32 Å². The number of carbonyl (C=O) groups is 1. The number of sulfonamides is 1. The van der Waals surface area contributed by atoms with E-state index in [4.69, 9.17) is 16.3 Å². The number of morpholine rings is 1. The van der Waals surface area contributed by atoms with Crippen molar-refractivity contribution in [2.24, 2.45) is 0 Å². The number of ether oxygens (including phenoxy) is 1. The maximum absolute atomic E-state index is 12.7. The molecule has 30 heavy (non-hydrogen) atoms. The SMILES string of the molecule is Cc1cc(C(=O)NCCS(=O)(=O)N2CC(C)OC(C)C2)c(C)n1-c1cccc(Cl)c1. The smallest absolute Gasteiger partial charge is 0.253 e. The summed E-state index contributed by atoms with van der Waals surface area (Å²) in [7, 11) is -3.47. The predicted octanol–water partition coefficient (Wildman–Crippen LogP) is 2.92. The van der Waals surface area contributed by atoms with Crippen LogP contribution >= 0.6 is 11.6 Å². The van der Waals surface area contributed by atoms with E-state index in [1.807, 2.05) is 50.5 Å². The Morgan fingerprint density at radius 3 is 2.50 bits per heavy atom. The van der Waals surface area contributed by atoms with E-state index in [-0.39, 0.29) is 30.4 Å². The average Bonchev–Trinajstić information content (AvgIpc) is 2.95. The number of benzene rings is 1. The van der Waals surface area contributed by atoms with Gasteiger partial charge in [-0.3, -0.25) is 4.79 Å². The Bertz CT molecular complexity index is 1020. The molecule has 0 saturated carbocycles. The van der Waals surface area contributed by atoms with Gasteiger partial charge in [-0.1, -0.05) is 17.7 Å². The maximum Gasteiger partial charge on any atom is 0.253 e. The molecule has 1 N–H and O–H groups in total. The van der Waals surface area contributed by atoms with Crippen LogP contribution in [0.3, 0.4) is 0 Å². The molecule has 1 aliphatic rings. The van der Waals surface area contributed by atoms with Crippen LogP contribution in [-0.2, 0) is 14.8 Å². The van der Waals surface area contributed by atoms with Crippen molar-refractivity contribution in [1.82, 2.24) is 14.2 Å². The van der Waals surface area contributed by atoms with Gasteiger partial charge in [-0.2, -0.15) is 4.31 Å². The van der Waals surface area contributed by atoms with Crippen molar-refractivity contribution < 1.29 is 17.9 Å². The largest absolute Gasteiger partial charge is 0.373 e. The minimum Gasteiger partial charge on any atom is -0.373 e. The fraction of sp³-hybridized carbons (Fsp3) is 0.476. The van der Waals surface area contributed by atoms with Crippen molar-refractivity contribution in [3.8, 4) is 5.69 Å². The molecular formula is C21H28ClN3O4S. The van der Waals surface area contributed by atoms with Crippen molar-refractivity contribution >= 4 is 27.5 Å². The third-order valence-corrected chi connectivity index (χ3v) is 7.21. The van der Waals surface area contributed by atoms with E-state index in [1.165, 1.54) is 4.31 Å². The van der Waals surface area contributed by atoms with Crippen LogP contribution in [0, 0.1) is 13.8 Å². The van der Waals surface area contributed by atoms with Crippen LogP contribution in [0.15, 0.2) is 30.3 Å². The quantitative estimate of drug-likeness (QED) is 0.729. The Morgan fingerprint density at radius 2 is 1.87 bits per heavy atom. The zero-order valence-corrected chi connectivity index (χ0v) is 19.3. The number of nitrogens with zero attached hydrogens (tertiary/aromatic N) is 2. The lowest BCUT2D eigenvalue weighted by molar-refractivity contribution is -0.0440. The molecule has 3 rings (SSSR count). The zero-order valence-electron chi connectivity index (χ0n) is 17.7. The summed E-state index contributed by atoms with van der Waals surface area (Å²) in [4.78, 5) is 12.7. The second-order valence-corrected chi connectivity index (χ2v) is 10.3. The molecule has 1 aromatic carbocycles. The molecule has 2 unspecified atom stereocenters. The lowest BCUT2D eigenvalue weighted by Crippen LogP contribution is -2.49. The molecule has 1 saturated heterocycles. The van der Waals surface area contributed by atoms with Gasteiger partial charge in [0, 0.05) is 41.7 Å². The lowest BCUT2D eigenvalue weighted by Gasteiger charge is -2.34. The molecular weight excluding hydrogens is 426 g/mol. The van der Waals surface area contributed by atoms with Crippen LogP contribution in [-0.4, -0.2) is 60.8 Å². The second-order valence-electron chi connectivity index (χ2n) is 7.75. The van der Waals surface area contributed by atoms with Gasteiger partial charge < -0.3 is 14.6 Å². The molecule has 1 aliphatic heterocycles. The molecule has 7 nitrogen and oxygen atoms in total. The molecule has 2 heterocycles. The number of amides is 1. The highest BCUT2D eigenvalue weighted by molar-refractivity contribution is 7.89. The van der Waals surface area contributed by atoms with Crippen molar-refractivity contribution in [3.63, 3.8) is 0 Å². The molecule has 0 bridgehead atoms. The third-order valence-electron chi connectivity index (χ3n) is 5.17. The van der Waals surface area contributed by atoms with Gasteiger partial charge in [-0.25, -0.2) is 8.42 Å². The highest BCUT2D eigenvalue weighted by atomic mass is 35.5. The molecule has 164 valence electrons. The molecule has 1 aromatic heterocycles.